The molecule has 2 atom stereocenters. The van der Waals surface area contributed by atoms with Crippen LogP contribution in [0.25, 0.3) is 0 Å². The number of fused-ring (bicyclic) bond motifs is 1. The van der Waals surface area contributed by atoms with Crippen molar-refractivity contribution in [2.24, 2.45) is 17.6 Å². The number of hydrogen-bond donors (Lipinski definition) is 2. The lowest BCUT2D eigenvalue weighted by Crippen LogP contribution is -2.26. The van der Waals surface area contributed by atoms with E-state index >= 15 is 0 Å². The number of nitrogens with one attached hydrogen (secondary N) is 1. The lowest BCUT2D eigenvalue weighted by molar-refractivity contribution is -0.384. The van der Waals surface area contributed by atoms with E-state index in [1.165, 1.54) is 6.07 Å². The van der Waals surface area contributed by atoms with Crippen LogP contribution in [0.4, 0.5) is 11.4 Å². The van der Waals surface area contributed by atoms with Crippen LogP contribution in [-0.2, 0) is 0 Å². The number of carbonyl (C=O) groups excluding carboxylic acids is 1. The minimum atomic E-state index is -0.651. The van der Waals surface area contributed by atoms with Gasteiger partial charge in [-0.25, -0.2) is 0 Å². The van der Waals surface area contributed by atoms with E-state index in [9.17, 15) is 14.9 Å². The highest BCUT2D eigenvalue weighted by atomic mass is 16.6. The summed E-state index contributed by atoms with van der Waals surface area (Å²) in [6.07, 6.45) is 0. The first-order valence-corrected chi connectivity index (χ1v) is 6.60. The first kappa shape index (κ1) is 12.9. The average Bonchev–Trinajstić information content (AvgIpc) is 2.98. The first-order valence-electron chi connectivity index (χ1n) is 6.60. The topological polar surface area (TPSA) is 102 Å². The second-order valence-electron chi connectivity index (χ2n) is 5.41. The van der Waals surface area contributed by atoms with Gasteiger partial charge < -0.3 is 16.0 Å². The van der Waals surface area contributed by atoms with Crippen LogP contribution in [0, 0.1) is 22.0 Å². The van der Waals surface area contributed by atoms with Crippen molar-refractivity contribution in [1.82, 2.24) is 5.32 Å². The van der Waals surface area contributed by atoms with E-state index in [0.717, 1.165) is 26.2 Å². The maximum absolute atomic E-state index is 11.2. The van der Waals surface area contributed by atoms with E-state index in [1.807, 2.05) is 4.90 Å². The molecule has 1 amide bonds. The normalized spacial score (nSPS) is 24.7. The molecule has 2 heterocycles. The molecular weight excluding hydrogens is 260 g/mol. The van der Waals surface area contributed by atoms with Crippen LogP contribution in [0.15, 0.2) is 18.2 Å². The minimum Gasteiger partial charge on any atom is -0.366 e. The molecule has 2 aliphatic rings. The molecule has 3 rings (SSSR count). The van der Waals surface area contributed by atoms with E-state index in [4.69, 9.17) is 5.73 Å². The smallest absolute Gasteiger partial charge is 0.293 e. The first-order chi connectivity index (χ1) is 9.56. The number of nitrogens with two attached hydrogens (primary N) is 1. The fourth-order valence-electron chi connectivity index (χ4n) is 3.14. The van der Waals surface area contributed by atoms with Crippen molar-refractivity contribution in [3.8, 4) is 0 Å². The van der Waals surface area contributed by atoms with Crippen LogP contribution < -0.4 is 16.0 Å². The van der Waals surface area contributed by atoms with Crippen LogP contribution in [-0.4, -0.2) is 37.0 Å². The van der Waals surface area contributed by atoms with E-state index in [0.29, 0.717) is 17.5 Å². The third-order valence-corrected chi connectivity index (χ3v) is 4.19. The minimum absolute atomic E-state index is 0.0470. The third-order valence-electron chi connectivity index (χ3n) is 4.19. The van der Waals surface area contributed by atoms with Gasteiger partial charge in [0.05, 0.1) is 4.92 Å². The number of hydrogen-bond acceptors (Lipinski definition) is 5. The van der Waals surface area contributed by atoms with E-state index in [-0.39, 0.29) is 11.3 Å². The number of anilines is 1. The van der Waals surface area contributed by atoms with Gasteiger partial charge in [-0.1, -0.05) is 0 Å². The molecule has 0 saturated carbocycles. The van der Waals surface area contributed by atoms with Crippen molar-refractivity contribution in [2.75, 3.05) is 31.1 Å². The molecule has 0 bridgehead atoms. The summed E-state index contributed by atoms with van der Waals surface area (Å²) >= 11 is 0. The Kier molecular flexibility index (Phi) is 3.06. The van der Waals surface area contributed by atoms with Crippen LogP contribution >= 0.6 is 0 Å². The molecule has 0 spiro atoms. The molecule has 0 unspecified atom stereocenters. The van der Waals surface area contributed by atoms with Gasteiger partial charge >= 0.3 is 0 Å². The molecule has 20 heavy (non-hydrogen) atoms. The van der Waals surface area contributed by atoms with Crippen molar-refractivity contribution in [3.63, 3.8) is 0 Å². The molecule has 7 nitrogen and oxygen atoms in total. The van der Waals surface area contributed by atoms with E-state index in [2.05, 4.69) is 5.32 Å². The zero-order valence-corrected chi connectivity index (χ0v) is 10.9. The number of carbonyl (C=O) groups is 1. The maximum atomic E-state index is 11.2. The molecule has 1 aromatic rings. The fourth-order valence-corrected chi connectivity index (χ4v) is 3.14. The maximum Gasteiger partial charge on any atom is 0.293 e. The predicted octanol–water partition coefficient (Wildman–Crippen LogP) is 0.349. The number of nitrogens with zero attached hydrogens (tertiary/aromatic N) is 2. The van der Waals surface area contributed by atoms with Gasteiger partial charge in [-0.15, -0.1) is 0 Å². The second-order valence-corrected chi connectivity index (χ2v) is 5.41. The van der Waals surface area contributed by atoms with Crippen LogP contribution in [0.5, 0.6) is 0 Å². The summed E-state index contributed by atoms with van der Waals surface area (Å²) in [6, 6.07) is 4.45. The fraction of sp³-hybridized carbons (Fsp3) is 0.462. The molecule has 0 aromatic heterocycles. The van der Waals surface area contributed by atoms with Gasteiger partial charge in [-0.3, -0.25) is 14.9 Å². The summed E-state index contributed by atoms with van der Waals surface area (Å²) in [6.45, 7) is 3.56. The Hall–Kier alpha value is -2.15. The number of nitro groups is 1. The van der Waals surface area contributed by atoms with Gasteiger partial charge in [-0.2, -0.15) is 0 Å². The largest absolute Gasteiger partial charge is 0.366 e. The van der Waals surface area contributed by atoms with E-state index < -0.39 is 10.8 Å². The zero-order chi connectivity index (χ0) is 14.3. The highest BCUT2D eigenvalue weighted by Crippen LogP contribution is 2.36. The van der Waals surface area contributed by atoms with Gasteiger partial charge in [0, 0.05) is 37.8 Å². The van der Waals surface area contributed by atoms with Crippen molar-refractivity contribution in [1.29, 1.82) is 0 Å². The molecule has 7 heteroatoms. The summed E-state index contributed by atoms with van der Waals surface area (Å²) in [4.78, 5) is 24.0. The Morgan fingerprint density at radius 3 is 2.55 bits per heavy atom. The average molecular weight is 276 g/mol. The number of nitro benzene ring substituents is 1. The van der Waals surface area contributed by atoms with Gasteiger partial charge in [0.25, 0.3) is 5.69 Å². The Morgan fingerprint density at radius 2 is 2.00 bits per heavy atom. The summed E-state index contributed by atoms with van der Waals surface area (Å²) in [5, 5.41) is 14.6. The zero-order valence-electron chi connectivity index (χ0n) is 10.9. The van der Waals surface area contributed by atoms with Crippen molar-refractivity contribution in [3.05, 3.63) is 33.9 Å². The summed E-state index contributed by atoms with van der Waals surface area (Å²) in [5.41, 5.74) is 5.88. The highest BCUT2D eigenvalue weighted by Gasteiger charge is 2.38. The monoisotopic (exact) mass is 276 g/mol. The highest BCUT2D eigenvalue weighted by molar-refractivity contribution is 5.94. The molecule has 3 N–H and O–H groups in total. The molecule has 1 aromatic carbocycles. The summed E-state index contributed by atoms with van der Waals surface area (Å²) < 4.78 is 0. The third kappa shape index (κ3) is 2.09. The number of amides is 1. The van der Waals surface area contributed by atoms with Gasteiger partial charge in [0.2, 0.25) is 5.91 Å². The molecule has 0 aliphatic carbocycles. The molecule has 2 saturated heterocycles. The van der Waals surface area contributed by atoms with Gasteiger partial charge in [0.15, 0.2) is 0 Å². The standard InChI is InChI=1S/C13H16N4O3/c14-13(18)8-1-2-11(12(3-8)17(19)20)16-6-9-4-15-5-10(9)7-16/h1-3,9-10,15H,4-7H2,(H2,14,18)/t9-,10+. The number of rotatable bonds is 3. The SMILES string of the molecule is NC(=O)c1ccc(N2C[C@H]3CNC[C@H]3C2)c([N+](=O)[O-])c1. The Labute approximate surface area is 115 Å². The van der Waals surface area contributed by atoms with Crippen molar-refractivity contribution >= 4 is 17.3 Å². The molecule has 2 fully saturated rings. The van der Waals surface area contributed by atoms with Crippen LogP contribution in [0.1, 0.15) is 10.4 Å². The molecular formula is C13H16N4O3. The summed E-state index contributed by atoms with van der Waals surface area (Å²) in [5.74, 6) is 0.443. The van der Waals surface area contributed by atoms with Crippen molar-refractivity contribution in [2.45, 2.75) is 0 Å². The number of primary amides is 1. The Bertz CT molecular complexity index is 563. The van der Waals surface area contributed by atoms with Crippen LogP contribution in [0.2, 0.25) is 0 Å². The Balaban J connectivity index is 1.93. The lowest BCUT2D eigenvalue weighted by Gasteiger charge is -2.19. The molecule has 2 aliphatic heterocycles. The molecule has 0 radical (unpaired) electrons. The second kappa shape index (κ2) is 4.75. The van der Waals surface area contributed by atoms with Crippen molar-refractivity contribution < 1.29 is 9.72 Å². The van der Waals surface area contributed by atoms with E-state index in [1.54, 1.807) is 12.1 Å². The summed E-state index contributed by atoms with van der Waals surface area (Å²) in [7, 11) is 0. The Morgan fingerprint density at radius 1 is 1.35 bits per heavy atom. The predicted molar refractivity (Wildman–Crippen MR) is 73.7 cm³/mol. The van der Waals surface area contributed by atoms with Gasteiger partial charge in [0.1, 0.15) is 5.69 Å². The van der Waals surface area contributed by atoms with Crippen LogP contribution in [0.3, 0.4) is 0 Å². The number of benzene rings is 1. The lowest BCUT2D eigenvalue weighted by atomic mass is 10.0. The quantitative estimate of drug-likeness (QED) is 0.612. The molecule has 106 valence electrons. The van der Waals surface area contributed by atoms with Gasteiger partial charge in [-0.05, 0) is 24.0 Å².